The summed E-state index contributed by atoms with van der Waals surface area (Å²) in [6.07, 6.45) is 3.92. The molecule has 1 aromatic rings. The molecule has 2 heterocycles. The molecule has 0 spiro atoms. The predicted molar refractivity (Wildman–Crippen MR) is 66.5 cm³/mol. The molecular weight excluding hydrogens is 218 g/mol. The van der Waals surface area contributed by atoms with Crippen molar-refractivity contribution in [3.05, 3.63) is 6.20 Å². The van der Waals surface area contributed by atoms with Gasteiger partial charge in [-0.2, -0.15) is 5.10 Å². The number of hydrogen-bond donors (Lipinski definition) is 2. The van der Waals surface area contributed by atoms with Crippen molar-refractivity contribution in [1.82, 2.24) is 14.7 Å². The number of nitrogen functional groups attached to an aromatic ring is 1. The van der Waals surface area contributed by atoms with E-state index in [4.69, 9.17) is 5.73 Å². The molecule has 6 nitrogen and oxygen atoms in total. The van der Waals surface area contributed by atoms with Gasteiger partial charge in [-0.1, -0.05) is 0 Å². The van der Waals surface area contributed by atoms with Crippen LogP contribution in [0.25, 0.3) is 0 Å². The first-order valence-corrected chi connectivity index (χ1v) is 5.92. The van der Waals surface area contributed by atoms with E-state index in [1.807, 2.05) is 11.8 Å². The molecule has 94 valence electrons. The highest BCUT2D eigenvalue weighted by atomic mass is 16.2. The van der Waals surface area contributed by atoms with Crippen molar-refractivity contribution >= 4 is 17.4 Å². The van der Waals surface area contributed by atoms with Crippen molar-refractivity contribution in [3.8, 4) is 0 Å². The number of likely N-dealkylation sites (tertiary alicyclic amines) is 1. The number of nitrogens with zero attached hydrogens (tertiary/aromatic N) is 3. The lowest BCUT2D eigenvalue weighted by Gasteiger charge is -2.21. The minimum atomic E-state index is -0.287. The summed E-state index contributed by atoms with van der Waals surface area (Å²) in [5.41, 5.74) is 6.34. The third-order valence-corrected chi connectivity index (χ3v) is 3.00. The van der Waals surface area contributed by atoms with Gasteiger partial charge in [-0.3, -0.25) is 9.48 Å². The fourth-order valence-electron chi connectivity index (χ4n) is 2.10. The zero-order valence-corrected chi connectivity index (χ0v) is 10.3. The number of aromatic nitrogens is 2. The molecule has 0 aromatic carbocycles. The van der Waals surface area contributed by atoms with Crippen LogP contribution >= 0.6 is 0 Å². The molecule has 0 bridgehead atoms. The van der Waals surface area contributed by atoms with Crippen LogP contribution in [0.15, 0.2) is 6.20 Å². The smallest absolute Gasteiger partial charge is 0.244 e. The fourth-order valence-corrected chi connectivity index (χ4v) is 2.10. The molecule has 1 fully saturated rings. The van der Waals surface area contributed by atoms with Crippen LogP contribution in [0.4, 0.5) is 11.5 Å². The third kappa shape index (κ3) is 2.51. The first-order chi connectivity index (χ1) is 8.08. The van der Waals surface area contributed by atoms with Crippen LogP contribution in [0.1, 0.15) is 19.8 Å². The Balaban J connectivity index is 1.98. The molecule has 0 radical (unpaired) electrons. The number of nitrogens with one attached hydrogen (secondary N) is 1. The SMILES string of the molecule is CC(Nc1nn(C)cc1N)C(=O)N1CCCC1. The van der Waals surface area contributed by atoms with Crippen LogP contribution in [-0.2, 0) is 11.8 Å². The maximum atomic E-state index is 12.1. The predicted octanol–water partition coefficient (Wildman–Crippen LogP) is 0.425. The third-order valence-electron chi connectivity index (χ3n) is 3.00. The number of amides is 1. The van der Waals surface area contributed by atoms with E-state index in [9.17, 15) is 4.79 Å². The number of aryl methyl sites for hydroxylation is 1. The Bertz CT molecular complexity index is 408. The number of anilines is 2. The number of nitrogens with two attached hydrogens (primary N) is 1. The molecule has 0 aliphatic carbocycles. The molecule has 17 heavy (non-hydrogen) atoms. The van der Waals surface area contributed by atoms with Gasteiger partial charge in [0.2, 0.25) is 5.91 Å². The summed E-state index contributed by atoms with van der Waals surface area (Å²) in [6, 6.07) is -0.287. The number of hydrogen-bond acceptors (Lipinski definition) is 4. The maximum absolute atomic E-state index is 12.1. The Kier molecular flexibility index (Phi) is 3.21. The zero-order chi connectivity index (χ0) is 12.4. The quantitative estimate of drug-likeness (QED) is 0.799. The molecular formula is C11H19N5O. The van der Waals surface area contributed by atoms with Crippen LogP contribution in [0, 0.1) is 0 Å². The van der Waals surface area contributed by atoms with Gasteiger partial charge >= 0.3 is 0 Å². The molecule has 1 amide bonds. The van der Waals surface area contributed by atoms with Gasteiger partial charge in [0.1, 0.15) is 6.04 Å². The Morgan fingerprint density at radius 1 is 1.53 bits per heavy atom. The molecule has 1 unspecified atom stereocenters. The largest absolute Gasteiger partial charge is 0.394 e. The second-order valence-electron chi connectivity index (χ2n) is 4.51. The average molecular weight is 237 g/mol. The van der Waals surface area contributed by atoms with Crippen molar-refractivity contribution in [2.75, 3.05) is 24.1 Å². The second-order valence-corrected chi connectivity index (χ2v) is 4.51. The standard InChI is InChI=1S/C11H19N5O/c1-8(11(17)16-5-3-4-6-16)13-10-9(12)7-15(2)14-10/h7-8H,3-6,12H2,1-2H3,(H,13,14). The van der Waals surface area contributed by atoms with Gasteiger partial charge in [-0.15, -0.1) is 0 Å². The van der Waals surface area contributed by atoms with Crippen LogP contribution in [-0.4, -0.2) is 39.7 Å². The van der Waals surface area contributed by atoms with Crippen molar-refractivity contribution < 1.29 is 4.79 Å². The summed E-state index contributed by atoms with van der Waals surface area (Å²) >= 11 is 0. The van der Waals surface area contributed by atoms with Gasteiger partial charge in [0.05, 0.1) is 5.69 Å². The summed E-state index contributed by atoms with van der Waals surface area (Å²) in [6.45, 7) is 3.57. The van der Waals surface area contributed by atoms with Gasteiger partial charge in [-0.25, -0.2) is 0 Å². The molecule has 3 N–H and O–H groups in total. The van der Waals surface area contributed by atoms with Gasteiger partial charge in [0, 0.05) is 26.3 Å². The summed E-state index contributed by atoms with van der Waals surface area (Å²) in [7, 11) is 1.80. The summed E-state index contributed by atoms with van der Waals surface area (Å²) in [5.74, 6) is 0.695. The van der Waals surface area contributed by atoms with Crippen molar-refractivity contribution in [2.45, 2.75) is 25.8 Å². The monoisotopic (exact) mass is 237 g/mol. The molecule has 1 aliphatic rings. The number of carbonyl (C=O) groups excluding carboxylic acids is 1. The molecule has 2 rings (SSSR count). The van der Waals surface area contributed by atoms with E-state index in [0.717, 1.165) is 25.9 Å². The lowest BCUT2D eigenvalue weighted by atomic mass is 10.3. The molecule has 1 aliphatic heterocycles. The average Bonchev–Trinajstić information content (AvgIpc) is 2.88. The zero-order valence-electron chi connectivity index (χ0n) is 10.3. The normalized spacial score (nSPS) is 17.2. The van der Waals surface area contributed by atoms with Crippen LogP contribution in [0.3, 0.4) is 0 Å². The van der Waals surface area contributed by atoms with Crippen molar-refractivity contribution in [1.29, 1.82) is 0 Å². The highest BCUT2D eigenvalue weighted by Gasteiger charge is 2.23. The lowest BCUT2D eigenvalue weighted by molar-refractivity contribution is -0.130. The minimum Gasteiger partial charge on any atom is -0.394 e. The van der Waals surface area contributed by atoms with E-state index >= 15 is 0 Å². The van der Waals surface area contributed by atoms with Gasteiger partial charge in [0.15, 0.2) is 5.82 Å². The first kappa shape index (κ1) is 11.8. The molecule has 6 heteroatoms. The first-order valence-electron chi connectivity index (χ1n) is 5.92. The Morgan fingerprint density at radius 3 is 2.71 bits per heavy atom. The van der Waals surface area contributed by atoms with E-state index in [0.29, 0.717) is 11.5 Å². The van der Waals surface area contributed by atoms with Gasteiger partial charge in [-0.05, 0) is 19.8 Å². The summed E-state index contributed by atoms with van der Waals surface area (Å²) in [5, 5.41) is 7.23. The topological polar surface area (TPSA) is 76.2 Å². The Labute approximate surface area is 101 Å². The molecule has 1 aromatic heterocycles. The molecule has 1 saturated heterocycles. The lowest BCUT2D eigenvalue weighted by Crippen LogP contribution is -2.39. The van der Waals surface area contributed by atoms with E-state index < -0.39 is 0 Å². The maximum Gasteiger partial charge on any atom is 0.244 e. The summed E-state index contributed by atoms with van der Waals surface area (Å²) < 4.78 is 1.63. The van der Waals surface area contributed by atoms with Crippen LogP contribution in [0.5, 0.6) is 0 Å². The van der Waals surface area contributed by atoms with Crippen molar-refractivity contribution in [2.24, 2.45) is 7.05 Å². The van der Waals surface area contributed by atoms with Crippen LogP contribution in [0.2, 0.25) is 0 Å². The highest BCUT2D eigenvalue weighted by Crippen LogP contribution is 2.17. The van der Waals surface area contributed by atoms with Gasteiger partial charge in [0.25, 0.3) is 0 Å². The second kappa shape index (κ2) is 4.65. The minimum absolute atomic E-state index is 0.118. The van der Waals surface area contributed by atoms with E-state index in [1.165, 1.54) is 0 Å². The van der Waals surface area contributed by atoms with Gasteiger partial charge < -0.3 is 16.0 Å². The van der Waals surface area contributed by atoms with Crippen LogP contribution < -0.4 is 11.1 Å². The van der Waals surface area contributed by atoms with E-state index in [1.54, 1.807) is 17.9 Å². The van der Waals surface area contributed by atoms with Crippen molar-refractivity contribution in [3.63, 3.8) is 0 Å². The number of carbonyl (C=O) groups is 1. The number of rotatable bonds is 3. The Morgan fingerprint density at radius 2 is 2.18 bits per heavy atom. The molecule has 0 saturated carbocycles. The molecule has 1 atom stereocenters. The summed E-state index contributed by atoms with van der Waals surface area (Å²) in [4.78, 5) is 13.9. The highest BCUT2D eigenvalue weighted by molar-refractivity contribution is 5.85. The van der Waals surface area contributed by atoms with E-state index in [-0.39, 0.29) is 11.9 Å². The van der Waals surface area contributed by atoms with E-state index in [2.05, 4.69) is 10.4 Å². The fraction of sp³-hybridized carbons (Fsp3) is 0.636. The Hall–Kier alpha value is -1.72.